The lowest BCUT2D eigenvalue weighted by Crippen LogP contribution is -2.46. The number of amides is 5. The topological polar surface area (TPSA) is 103 Å². The molecule has 3 N–H and O–H groups in total. The summed E-state index contributed by atoms with van der Waals surface area (Å²) in [5, 5.41) is 8.50. The van der Waals surface area contributed by atoms with E-state index >= 15 is 0 Å². The first-order valence-corrected chi connectivity index (χ1v) is 11.9. The number of carbonyl (C=O) groups excluding carboxylic acids is 3. The third kappa shape index (κ3) is 6.33. The predicted molar refractivity (Wildman–Crippen MR) is 135 cm³/mol. The van der Waals surface area contributed by atoms with Gasteiger partial charge in [0.15, 0.2) is 0 Å². The molecule has 0 bridgehead atoms. The number of halogens is 4. The molecule has 1 atom stereocenters. The van der Waals surface area contributed by atoms with Crippen molar-refractivity contribution in [3.8, 4) is 0 Å². The minimum atomic E-state index is -4.46. The zero-order valence-electron chi connectivity index (χ0n) is 19.1. The molecule has 8 nitrogen and oxygen atoms in total. The van der Waals surface area contributed by atoms with Crippen LogP contribution in [0.5, 0.6) is 0 Å². The third-order valence-electron chi connectivity index (χ3n) is 5.40. The van der Waals surface area contributed by atoms with Gasteiger partial charge in [0.1, 0.15) is 5.54 Å². The van der Waals surface area contributed by atoms with Crippen molar-refractivity contribution in [2.45, 2.75) is 29.3 Å². The third-order valence-corrected chi connectivity index (χ3v) is 6.39. The summed E-state index contributed by atoms with van der Waals surface area (Å²) in [7, 11) is 0. The van der Waals surface area contributed by atoms with Crippen LogP contribution in [0.15, 0.2) is 71.9 Å². The van der Waals surface area contributed by atoms with Gasteiger partial charge in [0.05, 0.1) is 17.6 Å². The van der Waals surface area contributed by atoms with Crippen molar-refractivity contribution in [1.29, 1.82) is 0 Å². The summed E-state index contributed by atoms with van der Waals surface area (Å²) in [6.45, 7) is 1.53. The molecule has 0 radical (unpaired) electrons. The fraction of sp³-hybridized carbons (Fsp3) is 0.167. The maximum atomic E-state index is 13.3. The van der Waals surface area contributed by atoms with Crippen LogP contribution in [0.25, 0.3) is 0 Å². The van der Waals surface area contributed by atoms with Crippen LogP contribution < -0.4 is 20.9 Å². The fourth-order valence-electron chi connectivity index (χ4n) is 3.72. The highest BCUT2D eigenvalue weighted by atomic mass is 35.5. The standard InChI is InChI=1S/C24H19ClF3N5O3S/c1-23(20(34)33(22(36)32-23)17-6-8-18(9-7-17)37-24(26,27)28)12-14-10-11-29-13-19(14)31-21(35)30-16-4-2-15(25)3-5-16/h2-11,13H,12H2,1H3,(H,32,36)(H2,30,31,35). The van der Waals surface area contributed by atoms with Gasteiger partial charge in [0, 0.05) is 28.2 Å². The second kappa shape index (κ2) is 10.3. The normalized spacial score (nSPS) is 17.5. The van der Waals surface area contributed by atoms with Gasteiger partial charge in [-0.05, 0) is 78.8 Å². The first kappa shape index (κ1) is 26.3. The summed E-state index contributed by atoms with van der Waals surface area (Å²) in [6.07, 6.45) is 2.91. The van der Waals surface area contributed by atoms with Crippen LogP contribution in [-0.4, -0.2) is 34.0 Å². The maximum Gasteiger partial charge on any atom is 0.446 e. The SMILES string of the molecule is CC1(Cc2ccncc2NC(=O)Nc2ccc(Cl)cc2)NC(=O)N(c2ccc(SC(F)(F)F)cc2)C1=O. The number of carbonyl (C=O) groups is 3. The van der Waals surface area contributed by atoms with Gasteiger partial charge < -0.3 is 16.0 Å². The molecule has 2 heterocycles. The smallest absolute Gasteiger partial charge is 0.323 e. The zero-order chi connectivity index (χ0) is 26.8. The number of anilines is 3. The summed E-state index contributed by atoms with van der Waals surface area (Å²) in [4.78, 5) is 43.3. The molecule has 1 unspecified atom stereocenters. The van der Waals surface area contributed by atoms with Gasteiger partial charge >= 0.3 is 17.6 Å². The Morgan fingerprint density at radius 3 is 2.41 bits per heavy atom. The molecular formula is C24H19ClF3N5O3S. The molecule has 1 aromatic heterocycles. The first-order valence-electron chi connectivity index (χ1n) is 10.7. The molecule has 1 fully saturated rings. The van der Waals surface area contributed by atoms with E-state index in [0.29, 0.717) is 22.0 Å². The number of benzene rings is 2. The Bertz CT molecular complexity index is 1340. The number of hydrogen-bond acceptors (Lipinski definition) is 5. The Morgan fingerprint density at radius 1 is 1.08 bits per heavy atom. The van der Waals surface area contributed by atoms with E-state index < -0.39 is 29.0 Å². The highest BCUT2D eigenvalue weighted by molar-refractivity contribution is 8.00. The van der Waals surface area contributed by atoms with Crippen LogP contribution >= 0.6 is 23.4 Å². The summed E-state index contributed by atoms with van der Waals surface area (Å²) in [6, 6.07) is 11.8. The molecule has 37 heavy (non-hydrogen) atoms. The Kier molecular flexibility index (Phi) is 7.32. The second-order valence-electron chi connectivity index (χ2n) is 8.24. The number of alkyl halides is 3. The highest BCUT2D eigenvalue weighted by Crippen LogP contribution is 2.38. The zero-order valence-corrected chi connectivity index (χ0v) is 20.7. The van der Waals surface area contributed by atoms with E-state index in [1.807, 2.05) is 0 Å². The van der Waals surface area contributed by atoms with Gasteiger partial charge in [0.25, 0.3) is 5.91 Å². The number of thioether (sulfide) groups is 1. The molecule has 1 aliphatic rings. The Morgan fingerprint density at radius 2 is 1.76 bits per heavy atom. The molecule has 1 saturated heterocycles. The summed E-state index contributed by atoms with van der Waals surface area (Å²) in [5.41, 5.74) is -4.36. The average Bonchev–Trinajstić information content (AvgIpc) is 3.04. The molecule has 3 aromatic rings. The minimum absolute atomic E-state index is 0.00909. The number of nitrogens with zero attached hydrogens (tertiary/aromatic N) is 2. The van der Waals surface area contributed by atoms with E-state index in [0.717, 1.165) is 4.90 Å². The summed E-state index contributed by atoms with van der Waals surface area (Å²) >= 11 is 5.56. The first-order chi connectivity index (χ1) is 17.4. The number of rotatable bonds is 6. The molecule has 0 saturated carbocycles. The van der Waals surface area contributed by atoms with Gasteiger partial charge in [-0.15, -0.1) is 0 Å². The van der Waals surface area contributed by atoms with Crippen LogP contribution in [0.4, 0.5) is 39.8 Å². The molecule has 192 valence electrons. The van der Waals surface area contributed by atoms with Crippen LogP contribution in [0.1, 0.15) is 12.5 Å². The maximum absolute atomic E-state index is 13.3. The minimum Gasteiger partial charge on any atom is -0.323 e. The van der Waals surface area contributed by atoms with Crippen molar-refractivity contribution in [2.24, 2.45) is 0 Å². The molecule has 4 rings (SSSR count). The number of hydrogen-bond donors (Lipinski definition) is 3. The van der Waals surface area contributed by atoms with Crippen LogP contribution in [0.2, 0.25) is 5.02 Å². The number of aromatic nitrogens is 1. The largest absolute Gasteiger partial charge is 0.446 e. The number of pyridine rings is 1. The van der Waals surface area contributed by atoms with Crippen molar-refractivity contribution >= 4 is 58.4 Å². The number of urea groups is 2. The van der Waals surface area contributed by atoms with Gasteiger partial charge in [-0.1, -0.05) is 11.6 Å². The van der Waals surface area contributed by atoms with Crippen LogP contribution in [0.3, 0.4) is 0 Å². The molecule has 1 aliphatic heterocycles. The number of nitrogens with one attached hydrogen (secondary N) is 3. The van der Waals surface area contributed by atoms with Crippen molar-refractivity contribution in [3.05, 3.63) is 77.6 Å². The Labute approximate surface area is 218 Å². The fourth-order valence-corrected chi connectivity index (χ4v) is 4.39. The van der Waals surface area contributed by atoms with Gasteiger partial charge in [-0.3, -0.25) is 9.78 Å². The quantitative estimate of drug-likeness (QED) is 0.257. The van der Waals surface area contributed by atoms with E-state index in [9.17, 15) is 27.6 Å². The van der Waals surface area contributed by atoms with Crippen molar-refractivity contribution in [2.75, 3.05) is 15.5 Å². The molecule has 0 aliphatic carbocycles. The second-order valence-corrected chi connectivity index (χ2v) is 9.82. The summed E-state index contributed by atoms with van der Waals surface area (Å²) in [5.74, 6) is -0.595. The van der Waals surface area contributed by atoms with E-state index in [1.165, 1.54) is 43.6 Å². The lowest BCUT2D eigenvalue weighted by Gasteiger charge is -2.23. The van der Waals surface area contributed by atoms with E-state index in [-0.39, 0.29) is 28.8 Å². The molecule has 13 heteroatoms. The summed E-state index contributed by atoms with van der Waals surface area (Å²) < 4.78 is 37.8. The number of imide groups is 1. The predicted octanol–water partition coefficient (Wildman–Crippen LogP) is 6.05. The van der Waals surface area contributed by atoms with Crippen molar-refractivity contribution < 1.29 is 27.6 Å². The molecular weight excluding hydrogens is 531 g/mol. The highest BCUT2D eigenvalue weighted by Gasteiger charge is 2.48. The van der Waals surface area contributed by atoms with Gasteiger partial charge in [-0.25, -0.2) is 14.5 Å². The van der Waals surface area contributed by atoms with Crippen LogP contribution in [0, 0.1) is 0 Å². The lowest BCUT2D eigenvalue weighted by molar-refractivity contribution is -0.121. The lowest BCUT2D eigenvalue weighted by atomic mass is 9.92. The Balaban J connectivity index is 1.49. The van der Waals surface area contributed by atoms with Crippen molar-refractivity contribution in [1.82, 2.24) is 10.3 Å². The molecule has 2 aromatic carbocycles. The van der Waals surface area contributed by atoms with Gasteiger partial charge in [-0.2, -0.15) is 13.2 Å². The monoisotopic (exact) mass is 549 g/mol. The average molecular weight is 550 g/mol. The molecule has 0 spiro atoms. The van der Waals surface area contributed by atoms with E-state index in [4.69, 9.17) is 11.6 Å². The Hall–Kier alpha value is -3.77. The molecule has 5 amide bonds. The van der Waals surface area contributed by atoms with Gasteiger partial charge in [0.2, 0.25) is 0 Å². The van der Waals surface area contributed by atoms with Crippen molar-refractivity contribution in [3.63, 3.8) is 0 Å². The van der Waals surface area contributed by atoms with E-state index in [2.05, 4.69) is 20.9 Å². The van der Waals surface area contributed by atoms with E-state index in [1.54, 1.807) is 30.3 Å². The van der Waals surface area contributed by atoms with Crippen LogP contribution in [-0.2, 0) is 11.2 Å².